The average Bonchev–Trinajstić information content (AvgIpc) is 3.00. The molecule has 5 nitrogen and oxygen atoms in total. The van der Waals surface area contributed by atoms with Gasteiger partial charge < -0.3 is 14.7 Å². The number of amides is 2. The quantitative estimate of drug-likeness (QED) is 0.837. The predicted octanol–water partition coefficient (Wildman–Crippen LogP) is 1.77. The Morgan fingerprint density at radius 1 is 1.00 bits per heavy atom. The molecule has 25 heavy (non-hydrogen) atoms. The number of rotatable bonds is 4. The maximum absolute atomic E-state index is 13.0. The first kappa shape index (κ1) is 17.9. The van der Waals surface area contributed by atoms with E-state index >= 15 is 0 Å². The van der Waals surface area contributed by atoms with Gasteiger partial charge in [0.2, 0.25) is 11.8 Å². The molecular weight excluding hydrogens is 314 g/mol. The second-order valence-electron chi connectivity index (χ2n) is 7.02. The summed E-state index contributed by atoms with van der Waals surface area (Å²) in [6.07, 6.45) is 3.12. The first-order valence-corrected chi connectivity index (χ1v) is 9.53. The van der Waals surface area contributed by atoms with Crippen molar-refractivity contribution in [3.8, 4) is 0 Å². The zero-order valence-electron chi connectivity index (χ0n) is 15.2. The molecule has 0 spiro atoms. The summed E-state index contributed by atoms with van der Waals surface area (Å²) in [6.45, 7) is 7.49. The van der Waals surface area contributed by atoms with Crippen molar-refractivity contribution >= 4 is 11.8 Å². The molecule has 0 saturated carbocycles. The molecule has 1 aromatic rings. The van der Waals surface area contributed by atoms with Crippen LogP contribution in [0.4, 0.5) is 0 Å². The van der Waals surface area contributed by atoms with Crippen molar-refractivity contribution in [2.45, 2.75) is 38.6 Å². The molecule has 136 valence electrons. The molecule has 0 aliphatic carbocycles. The number of carbonyl (C=O) groups excluding carboxylic acids is 2. The zero-order valence-corrected chi connectivity index (χ0v) is 15.2. The van der Waals surface area contributed by atoms with Gasteiger partial charge in [-0.15, -0.1) is 0 Å². The molecular formula is C20H29N3O2. The molecule has 2 heterocycles. The highest BCUT2D eigenvalue weighted by Crippen LogP contribution is 2.21. The summed E-state index contributed by atoms with van der Waals surface area (Å²) in [7, 11) is 0. The Morgan fingerprint density at radius 2 is 1.80 bits per heavy atom. The summed E-state index contributed by atoms with van der Waals surface area (Å²) in [5.41, 5.74) is 1.01. The van der Waals surface area contributed by atoms with E-state index < -0.39 is 0 Å². The number of hydrogen-bond acceptors (Lipinski definition) is 3. The van der Waals surface area contributed by atoms with E-state index in [1.165, 1.54) is 0 Å². The molecule has 2 aliphatic rings. The minimum Gasteiger partial charge on any atom is -0.340 e. The summed E-state index contributed by atoms with van der Waals surface area (Å²) in [5.74, 6) is 0.226. The van der Waals surface area contributed by atoms with Crippen molar-refractivity contribution in [1.82, 2.24) is 14.7 Å². The van der Waals surface area contributed by atoms with Gasteiger partial charge in [-0.05, 0) is 37.9 Å². The standard InChI is InChI=1S/C20H29N3O2/c1-2-21-11-7-12-22(15-14-21)20(25)18-10-6-13-23(18)19(24)16-17-8-4-3-5-9-17/h3-5,8-9,18H,2,6-7,10-16H2,1H3/t18-/m1/s1. The van der Waals surface area contributed by atoms with E-state index in [9.17, 15) is 9.59 Å². The van der Waals surface area contributed by atoms with Gasteiger partial charge in [0.25, 0.3) is 0 Å². The maximum Gasteiger partial charge on any atom is 0.245 e. The van der Waals surface area contributed by atoms with E-state index in [0.717, 1.165) is 57.5 Å². The molecule has 2 aliphatic heterocycles. The molecule has 5 heteroatoms. The Hall–Kier alpha value is -1.88. The van der Waals surface area contributed by atoms with Crippen LogP contribution in [0.3, 0.4) is 0 Å². The smallest absolute Gasteiger partial charge is 0.245 e. The molecule has 0 N–H and O–H groups in total. The lowest BCUT2D eigenvalue weighted by atomic mass is 10.1. The molecule has 2 saturated heterocycles. The van der Waals surface area contributed by atoms with Crippen LogP contribution in [0.15, 0.2) is 30.3 Å². The van der Waals surface area contributed by atoms with E-state index in [-0.39, 0.29) is 17.9 Å². The van der Waals surface area contributed by atoms with Crippen molar-refractivity contribution in [1.29, 1.82) is 0 Å². The van der Waals surface area contributed by atoms with Crippen LogP contribution < -0.4 is 0 Å². The third-order valence-corrected chi connectivity index (χ3v) is 5.40. The molecule has 0 aromatic heterocycles. The van der Waals surface area contributed by atoms with E-state index in [2.05, 4.69) is 11.8 Å². The molecule has 0 radical (unpaired) electrons. The minimum absolute atomic E-state index is 0.0760. The molecule has 2 amide bonds. The van der Waals surface area contributed by atoms with Gasteiger partial charge in [-0.25, -0.2) is 0 Å². The summed E-state index contributed by atoms with van der Waals surface area (Å²) < 4.78 is 0. The van der Waals surface area contributed by atoms with Crippen LogP contribution in [0, 0.1) is 0 Å². The highest BCUT2D eigenvalue weighted by atomic mass is 16.2. The Morgan fingerprint density at radius 3 is 2.56 bits per heavy atom. The van der Waals surface area contributed by atoms with Crippen molar-refractivity contribution in [2.75, 3.05) is 39.3 Å². The van der Waals surface area contributed by atoms with Crippen LogP contribution in [0.25, 0.3) is 0 Å². The largest absolute Gasteiger partial charge is 0.340 e. The third kappa shape index (κ3) is 4.40. The Bertz CT molecular complexity index is 590. The molecule has 2 fully saturated rings. The highest BCUT2D eigenvalue weighted by molar-refractivity contribution is 5.89. The molecule has 0 bridgehead atoms. The van der Waals surface area contributed by atoms with Crippen LogP contribution in [0.5, 0.6) is 0 Å². The molecule has 0 unspecified atom stereocenters. The molecule has 3 rings (SSSR count). The summed E-state index contributed by atoms with van der Waals surface area (Å²) >= 11 is 0. The van der Waals surface area contributed by atoms with Gasteiger partial charge in [-0.1, -0.05) is 37.3 Å². The predicted molar refractivity (Wildman–Crippen MR) is 98.2 cm³/mol. The lowest BCUT2D eigenvalue weighted by Crippen LogP contribution is -2.49. The van der Waals surface area contributed by atoms with Gasteiger partial charge in [0, 0.05) is 26.2 Å². The highest BCUT2D eigenvalue weighted by Gasteiger charge is 2.36. The Labute approximate surface area is 150 Å². The lowest BCUT2D eigenvalue weighted by Gasteiger charge is -2.30. The molecule has 1 aromatic carbocycles. The van der Waals surface area contributed by atoms with Crippen LogP contribution in [-0.2, 0) is 16.0 Å². The Kier molecular flexibility index (Phi) is 6.08. The SMILES string of the molecule is CCN1CCCN(C(=O)[C@H]2CCCN2C(=O)Cc2ccccc2)CC1. The van der Waals surface area contributed by atoms with Gasteiger partial charge in [-0.2, -0.15) is 0 Å². The van der Waals surface area contributed by atoms with Crippen molar-refractivity contribution in [3.63, 3.8) is 0 Å². The number of carbonyl (C=O) groups is 2. The van der Waals surface area contributed by atoms with Gasteiger partial charge in [0.15, 0.2) is 0 Å². The zero-order chi connectivity index (χ0) is 17.6. The molecule has 1 atom stereocenters. The van der Waals surface area contributed by atoms with Crippen molar-refractivity contribution in [3.05, 3.63) is 35.9 Å². The van der Waals surface area contributed by atoms with Crippen molar-refractivity contribution in [2.24, 2.45) is 0 Å². The lowest BCUT2D eigenvalue weighted by molar-refractivity contribution is -0.143. The second-order valence-corrected chi connectivity index (χ2v) is 7.02. The van der Waals surface area contributed by atoms with Crippen LogP contribution in [0.1, 0.15) is 31.7 Å². The van der Waals surface area contributed by atoms with E-state index in [1.54, 1.807) is 0 Å². The van der Waals surface area contributed by atoms with E-state index in [4.69, 9.17) is 0 Å². The fourth-order valence-corrected chi connectivity index (χ4v) is 3.91. The monoisotopic (exact) mass is 343 g/mol. The fraction of sp³-hybridized carbons (Fsp3) is 0.600. The normalized spacial score (nSPS) is 22.0. The number of benzene rings is 1. The fourth-order valence-electron chi connectivity index (χ4n) is 3.91. The Balaban J connectivity index is 1.62. The van der Waals surface area contributed by atoms with Gasteiger partial charge in [-0.3, -0.25) is 9.59 Å². The number of hydrogen-bond donors (Lipinski definition) is 0. The van der Waals surface area contributed by atoms with E-state index in [1.807, 2.05) is 40.1 Å². The maximum atomic E-state index is 13.0. The first-order valence-electron chi connectivity index (χ1n) is 9.53. The average molecular weight is 343 g/mol. The minimum atomic E-state index is -0.260. The van der Waals surface area contributed by atoms with Crippen LogP contribution >= 0.6 is 0 Å². The van der Waals surface area contributed by atoms with Crippen molar-refractivity contribution < 1.29 is 9.59 Å². The number of likely N-dealkylation sites (N-methyl/N-ethyl adjacent to an activating group) is 1. The number of likely N-dealkylation sites (tertiary alicyclic amines) is 1. The summed E-state index contributed by atoms with van der Waals surface area (Å²) in [4.78, 5) is 31.9. The van der Waals surface area contributed by atoms with Gasteiger partial charge in [0.1, 0.15) is 6.04 Å². The van der Waals surface area contributed by atoms with E-state index in [0.29, 0.717) is 13.0 Å². The second kappa shape index (κ2) is 8.48. The topological polar surface area (TPSA) is 43.9 Å². The van der Waals surface area contributed by atoms with Crippen LogP contribution in [-0.4, -0.2) is 71.8 Å². The van der Waals surface area contributed by atoms with Crippen LogP contribution in [0.2, 0.25) is 0 Å². The van der Waals surface area contributed by atoms with Gasteiger partial charge >= 0.3 is 0 Å². The first-order chi connectivity index (χ1) is 12.2. The number of nitrogens with zero attached hydrogens (tertiary/aromatic N) is 3. The summed E-state index contributed by atoms with van der Waals surface area (Å²) in [6, 6.07) is 9.54. The third-order valence-electron chi connectivity index (χ3n) is 5.40. The summed E-state index contributed by atoms with van der Waals surface area (Å²) in [5, 5.41) is 0. The van der Waals surface area contributed by atoms with Gasteiger partial charge in [0.05, 0.1) is 6.42 Å².